The number of carbonyl (C=O) groups is 1. The Hall–Kier alpha value is -3.71. The number of aromatic carboxylic acids is 1. The molecule has 0 aliphatic heterocycles. The highest BCUT2D eigenvalue weighted by Crippen LogP contribution is 2.36. The first-order valence-corrected chi connectivity index (χ1v) is 12.0. The van der Waals surface area contributed by atoms with Crippen molar-refractivity contribution in [3.05, 3.63) is 76.5 Å². The van der Waals surface area contributed by atoms with E-state index in [1.54, 1.807) is 0 Å². The number of alkyl halides is 6. The van der Waals surface area contributed by atoms with Crippen LogP contribution in [0.3, 0.4) is 0 Å². The SMILES string of the molecule is CNCc1cc(C(F)(F)F)cc(C(F)(F)F)c1.Cc1ccccc1-c1nc(OCCCN(C)C)ncc1C(=O)O. The van der Waals surface area contributed by atoms with E-state index in [-0.39, 0.29) is 29.7 Å². The molecule has 0 saturated carbocycles. The van der Waals surface area contributed by atoms with Gasteiger partial charge in [0.2, 0.25) is 0 Å². The third-order valence-corrected chi connectivity index (χ3v) is 5.41. The minimum Gasteiger partial charge on any atom is -0.478 e. The molecule has 218 valence electrons. The fourth-order valence-corrected chi connectivity index (χ4v) is 3.51. The molecule has 1 aromatic heterocycles. The smallest absolute Gasteiger partial charge is 0.416 e. The second kappa shape index (κ2) is 14.1. The Kier molecular flexibility index (Phi) is 11.4. The number of carboxylic acids is 1. The predicted octanol–water partition coefficient (Wildman–Crippen LogP) is 5.92. The number of aromatic nitrogens is 2. The zero-order chi connectivity index (χ0) is 30.1. The number of halogens is 6. The van der Waals surface area contributed by atoms with Gasteiger partial charge in [0.05, 0.1) is 23.4 Å². The van der Waals surface area contributed by atoms with Gasteiger partial charge in [-0.1, -0.05) is 24.3 Å². The van der Waals surface area contributed by atoms with Crippen molar-refractivity contribution in [2.45, 2.75) is 32.2 Å². The Labute approximate surface area is 227 Å². The number of hydrogen-bond acceptors (Lipinski definition) is 6. The third kappa shape index (κ3) is 9.79. The van der Waals surface area contributed by atoms with E-state index in [1.807, 2.05) is 45.3 Å². The van der Waals surface area contributed by atoms with Gasteiger partial charge in [-0.2, -0.15) is 31.3 Å². The number of nitrogens with one attached hydrogen (secondary N) is 1. The van der Waals surface area contributed by atoms with Gasteiger partial charge in [-0.05, 0) is 63.8 Å². The highest BCUT2D eigenvalue weighted by atomic mass is 19.4. The molecular formula is C27H30F6N4O3. The average Bonchev–Trinajstić information content (AvgIpc) is 2.86. The maximum atomic E-state index is 12.4. The van der Waals surface area contributed by atoms with Gasteiger partial charge in [0.1, 0.15) is 5.56 Å². The number of rotatable bonds is 9. The number of benzene rings is 2. The highest BCUT2D eigenvalue weighted by Gasteiger charge is 2.36. The maximum Gasteiger partial charge on any atom is 0.416 e. The summed E-state index contributed by atoms with van der Waals surface area (Å²) in [6.45, 7) is 3.24. The van der Waals surface area contributed by atoms with E-state index in [4.69, 9.17) is 4.74 Å². The van der Waals surface area contributed by atoms with E-state index < -0.39 is 29.4 Å². The number of ether oxygens (including phenoxy) is 1. The zero-order valence-electron chi connectivity index (χ0n) is 22.3. The van der Waals surface area contributed by atoms with E-state index in [0.717, 1.165) is 24.1 Å². The largest absolute Gasteiger partial charge is 0.478 e. The second-order valence-electron chi connectivity index (χ2n) is 8.98. The fraction of sp³-hybridized carbons (Fsp3) is 0.370. The first-order valence-electron chi connectivity index (χ1n) is 12.0. The molecule has 0 amide bonds. The fourth-order valence-electron chi connectivity index (χ4n) is 3.51. The third-order valence-electron chi connectivity index (χ3n) is 5.41. The van der Waals surface area contributed by atoms with Crippen LogP contribution in [0.5, 0.6) is 6.01 Å². The second-order valence-corrected chi connectivity index (χ2v) is 8.98. The molecule has 3 rings (SSSR count). The lowest BCUT2D eigenvalue weighted by molar-refractivity contribution is -0.143. The summed E-state index contributed by atoms with van der Waals surface area (Å²) in [5.41, 5.74) is -0.476. The topological polar surface area (TPSA) is 87.6 Å². The molecule has 0 aliphatic rings. The number of carboxylic acid groups (broad SMARTS) is 1. The van der Waals surface area contributed by atoms with Crippen molar-refractivity contribution in [2.24, 2.45) is 0 Å². The molecule has 3 aromatic rings. The maximum absolute atomic E-state index is 12.4. The van der Waals surface area contributed by atoms with Crippen LogP contribution < -0.4 is 10.1 Å². The minimum atomic E-state index is -4.79. The molecule has 40 heavy (non-hydrogen) atoms. The summed E-state index contributed by atoms with van der Waals surface area (Å²) >= 11 is 0. The van der Waals surface area contributed by atoms with Crippen molar-refractivity contribution in [1.82, 2.24) is 20.2 Å². The quantitative estimate of drug-likeness (QED) is 0.243. The molecular weight excluding hydrogens is 542 g/mol. The molecule has 2 N–H and O–H groups in total. The van der Waals surface area contributed by atoms with Crippen molar-refractivity contribution in [3.63, 3.8) is 0 Å². The lowest BCUT2D eigenvalue weighted by atomic mass is 10.0. The van der Waals surface area contributed by atoms with Gasteiger partial charge < -0.3 is 20.1 Å². The van der Waals surface area contributed by atoms with Gasteiger partial charge in [0.25, 0.3) is 0 Å². The molecule has 2 aromatic carbocycles. The molecule has 0 aliphatic carbocycles. The Bertz CT molecular complexity index is 1250. The standard InChI is InChI=1S/C17H21N3O3.C10H9F6N/c1-12-7-4-5-8-13(12)15-14(16(21)22)11-18-17(19-15)23-10-6-9-20(2)3;1-17-5-6-2-7(9(11,12)13)4-8(3-6)10(14,15)16/h4-5,7-8,11H,6,9-10H2,1-3H3,(H,21,22);2-4,17H,5H2,1H3. The van der Waals surface area contributed by atoms with Crippen LogP contribution >= 0.6 is 0 Å². The van der Waals surface area contributed by atoms with Gasteiger partial charge in [-0.3, -0.25) is 0 Å². The van der Waals surface area contributed by atoms with Crippen LogP contribution in [0, 0.1) is 6.92 Å². The Morgan fingerprint density at radius 2 is 1.62 bits per heavy atom. The minimum absolute atomic E-state index is 0.0605. The summed E-state index contributed by atoms with van der Waals surface area (Å²) in [5.74, 6) is -1.05. The van der Waals surface area contributed by atoms with Crippen LogP contribution in [0.4, 0.5) is 26.3 Å². The summed E-state index contributed by atoms with van der Waals surface area (Å²) in [4.78, 5) is 21.8. The van der Waals surface area contributed by atoms with Crippen LogP contribution in [-0.4, -0.2) is 60.2 Å². The van der Waals surface area contributed by atoms with E-state index >= 15 is 0 Å². The normalized spacial score (nSPS) is 11.7. The van der Waals surface area contributed by atoms with Crippen molar-refractivity contribution >= 4 is 5.97 Å². The van der Waals surface area contributed by atoms with Crippen molar-refractivity contribution < 1.29 is 41.0 Å². The molecule has 0 fully saturated rings. The Balaban J connectivity index is 0.000000294. The van der Waals surface area contributed by atoms with Crippen LogP contribution in [-0.2, 0) is 18.9 Å². The van der Waals surface area contributed by atoms with Gasteiger partial charge >= 0.3 is 24.3 Å². The summed E-state index contributed by atoms with van der Waals surface area (Å²) < 4.78 is 79.9. The van der Waals surface area contributed by atoms with E-state index in [0.29, 0.717) is 24.4 Å². The first-order chi connectivity index (χ1) is 18.6. The highest BCUT2D eigenvalue weighted by molar-refractivity contribution is 5.94. The van der Waals surface area contributed by atoms with Crippen LogP contribution in [0.25, 0.3) is 11.3 Å². The lowest BCUT2D eigenvalue weighted by Gasteiger charge is -2.13. The van der Waals surface area contributed by atoms with E-state index in [2.05, 4.69) is 20.2 Å². The monoisotopic (exact) mass is 572 g/mol. The number of nitrogens with zero attached hydrogens (tertiary/aromatic N) is 3. The molecule has 13 heteroatoms. The summed E-state index contributed by atoms with van der Waals surface area (Å²) in [7, 11) is 5.43. The van der Waals surface area contributed by atoms with Crippen LogP contribution in [0.1, 0.15) is 39.0 Å². The number of aryl methyl sites for hydroxylation is 1. The lowest BCUT2D eigenvalue weighted by Crippen LogP contribution is -2.16. The van der Waals surface area contributed by atoms with Gasteiger partial charge in [0.15, 0.2) is 0 Å². The first kappa shape index (κ1) is 32.5. The van der Waals surface area contributed by atoms with Gasteiger partial charge in [0, 0.05) is 24.8 Å². The summed E-state index contributed by atoms with van der Waals surface area (Å²) in [6, 6.07) is 9.23. The molecule has 1 heterocycles. The van der Waals surface area contributed by atoms with Gasteiger partial charge in [-0.15, -0.1) is 0 Å². The molecule has 7 nitrogen and oxygen atoms in total. The zero-order valence-corrected chi connectivity index (χ0v) is 22.3. The molecule has 0 saturated heterocycles. The van der Waals surface area contributed by atoms with Crippen molar-refractivity contribution in [3.8, 4) is 17.3 Å². The van der Waals surface area contributed by atoms with Gasteiger partial charge in [-0.25, -0.2) is 9.78 Å². The van der Waals surface area contributed by atoms with E-state index in [1.165, 1.54) is 13.2 Å². The van der Waals surface area contributed by atoms with Crippen LogP contribution in [0.15, 0.2) is 48.7 Å². The predicted molar refractivity (Wildman–Crippen MR) is 137 cm³/mol. The van der Waals surface area contributed by atoms with E-state index in [9.17, 15) is 36.2 Å². The summed E-state index contributed by atoms with van der Waals surface area (Å²) in [6.07, 6.45) is -7.43. The molecule has 0 unspecified atom stereocenters. The van der Waals surface area contributed by atoms with Crippen molar-refractivity contribution in [2.75, 3.05) is 34.3 Å². The molecule has 0 atom stereocenters. The summed E-state index contributed by atoms with van der Waals surface area (Å²) in [5, 5.41) is 11.9. The molecule has 0 spiro atoms. The van der Waals surface area contributed by atoms with Crippen LogP contribution in [0.2, 0.25) is 0 Å². The molecule has 0 bridgehead atoms. The Morgan fingerprint density at radius 3 is 2.12 bits per heavy atom. The Morgan fingerprint density at radius 1 is 1.02 bits per heavy atom. The number of hydrogen-bond donors (Lipinski definition) is 2. The molecule has 0 radical (unpaired) electrons. The average molecular weight is 573 g/mol. The van der Waals surface area contributed by atoms with Crippen molar-refractivity contribution in [1.29, 1.82) is 0 Å².